The third-order valence-corrected chi connectivity index (χ3v) is 25.8. The summed E-state index contributed by atoms with van der Waals surface area (Å²) in [5, 5.41) is 53.9. The highest BCUT2D eigenvalue weighted by Crippen LogP contribution is 2.53. The molecule has 0 radical (unpaired) electrons. The SMILES string of the molecule is CC(C)c1ccc(-c2nc(-c3cccc4c3CCC43CC(=O)N(CCO)C3)no2)cc1.CC(F)(F)Oc1ccc(-c2nc(-c3cccc4c3CCC43CC(=O)N(CCO)C3)no2)cc1.CC(F)Oc1ccc(-c2nc(-c3cccc4c3CCC43CC(=O)N(CCO)C3)no2)cc1.Cc1ccc(-c2nc(-c3cccc4c3CCC43CC(=O)N(CCO)C3)no2)cc1. The van der Waals surface area contributed by atoms with Crippen LogP contribution in [0.3, 0.4) is 0 Å². The van der Waals surface area contributed by atoms with Crippen molar-refractivity contribution in [3.63, 3.8) is 0 Å². The summed E-state index contributed by atoms with van der Waals surface area (Å²) in [6.45, 7) is 12.4. The van der Waals surface area contributed by atoms with Gasteiger partial charge in [0.2, 0.25) is 53.3 Å². The average Bonchev–Trinajstić information content (AvgIpc) is 1.60. The van der Waals surface area contributed by atoms with Gasteiger partial charge in [-0.05, 0) is 187 Å². The molecule has 5 unspecified atom stereocenters. The van der Waals surface area contributed by atoms with Crippen molar-refractivity contribution >= 4 is 23.6 Å². The molecule has 5 atom stereocenters. The number of likely N-dealkylation sites (tertiary alicyclic amines) is 4. The molecule has 8 heterocycles. The van der Waals surface area contributed by atoms with Gasteiger partial charge in [-0.1, -0.05) is 137 Å². The Labute approximate surface area is 719 Å². The van der Waals surface area contributed by atoms with E-state index < -0.39 is 12.5 Å². The summed E-state index contributed by atoms with van der Waals surface area (Å²) in [7, 11) is 0. The Morgan fingerprint density at radius 2 is 0.672 bits per heavy atom. The fraction of sp³-hybridized carbons (Fsp3) is 0.375. The van der Waals surface area contributed by atoms with Gasteiger partial charge in [0.05, 0.1) is 26.4 Å². The average molecular weight is 1700 g/mol. The number of halogens is 3. The molecule has 4 saturated heterocycles. The van der Waals surface area contributed by atoms with Crippen LogP contribution < -0.4 is 9.47 Å². The summed E-state index contributed by atoms with van der Waals surface area (Å²) < 4.78 is 70.7. The van der Waals surface area contributed by atoms with E-state index in [0.29, 0.717) is 149 Å². The number of aliphatic hydroxyl groups is 4. The van der Waals surface area contributed by atoms with E-state index in [9.17, 15) is 52.8 Å². The van der Waals surface area contributed by atoms with Crippen molar-refractivity contribution in [2.75, 3.05) is 78.8 Å². The lowest BCUT2D eigenvalue weighted by molar-refractivity contribution is -0.159. The number of rotatable bonds is 21. The largest absolute Gasteiger partial charge is 0.461 e. The van der Waals surface area contributed by atoms with E-state index >= 15 is 0 Å². The summed E-state index contributed by atoms with van der Waals surface area (Å²) in [5.41, 5.74) is 17.9. The van der Waals surface area contributed by atoms with Gasteiger partial charge < -0.3 is 67.6 Å². The van der Waals surface area contributed by atoms with E-state index in [1.807, 2.05) is 91.9 Å². The molecule has 0 bridgehead atoms. The number of hydrogen-bond acceptors (Lipinski definition) is 22. The summed E-state index contributed by atoms with van der Waals surface area (Å²) >= 11 is 0. The van der Waals surface area contributed by atoms with Crippen LogP contribution in [0.25, 0.3) is 91.4 Å². The van der Waals surface area contributed by atoms with Crippen LogP contribution in [0.5, 0.6) is 11.5 Å². The summed E-state index contributed by atoms with van der Waals surface area (Å²) in [4.78, 5) is 75.4. The molecule has 8 aliphatic rings. The second-order valence-electron chi connectivity index (χ2n) is 34.3. The van der Waals surface area contributed by atoms with Crippen LogP contribution >= 0.6 is 0 Å². The first-order valence-corrected chi connectivity index (χ1v) is 42.5. The number of fused-ring (bicyclic) bond motifs is 8. The number of nitrogens with zero attached hydrogens (tertiary/aromatic N) is 12. The molecule has 4 amide bonds. The van der Waals surface area contributed by atoms with Gasteiger partial charge in [-0.3, -0.25) is 19.2 Å². The highest BCUT2D eigenvalue weighted by molar-refractivity contribution is 5.85. The van der Waals surface area contributed by atoms with Gasteiger partial charge in [0.25, 0.3) is 23.6 Å². The van der Waals surface area contributed by atoms with Crippen molar-refractivity contribution in [2.45, 2.75) is 152 Å². The number of amides is 4. The van der Waals surface area contributed by atoms with Crippen molar-refractivity contribution in [2.24, 2.45) is 0 Å². The molecule has 4 fully saturated rings. The highest BCUT2D eigenvalue weighted by atomic mass is 19.3. The van der Waals surface area contributed by atoms with Crippen LogP contribution in [0, 0.1) is 6.92 Å². The number of ether oxygens (including phenoxy) is 2. The van der Waals surface area contributed by atoms with E-state index in [4.69, 9.17) is 22.8 Å². The summed E-state index contributed by atoms with van der Waals surface area (Å²) in [5.74, 6) is 5.14. The molecule has 4 N–H and O–H groups in total. The van der Waals surface area contributed by atoms with Crippen molar-refractivity contribution < 1.29 is 80.3 Å². The number of aryl methyl sites for hydroxylation is 1. The highest BCUT2D eigenvalue weighted by Gasteiger charge is 2.53. The standard InChI is InChI=1S/C25H27N3O3.C24H23F2N3O4.C24H24FN3O4.C23H23N3O3/c1-16(2)17-6-8-18(9-7-17)24-26-23(27-31-24)20-4-3-5-21-19(20)10-11-25(21)14-22(30)28(15-25)12-13-29;1-23(25,26)32-16-7-5-15(6-8-16)22-27-21(28-33-22)18-3-2-4-19-17(18)9-10-24(19)13-20(31)29(14-24)11-12-30;1-15(25)31-17-7-5-16(6-8-17)23-26-22(27-32-23)19-3-2-4-20-18(19)9-10-24(20)13-21(30)28(14-24)11-12-29;1-15-5-7-16(8-6-15)22-24-21(25-29-22)18-3-2-4-19-17(18)9-10-23(19)13-20(28)26(14-23)11-12-27/h3-9,16,29H,10-15H2,1-2H3;2-8,30H,9-14H2,1H3;2-8,15,29H,9-14H2,1H3;2-8,27H,9-14H2,1H3. The first-order chi connectivity index (χ1) is 60.4. The van der Waals surface area contributed by atoms with E-state index in [2.05, 4.69) is 95.5 Å². The monoisotopic (exact) mass is 1700 g/mol. The third-order valence-electron chi connectivity index (χ3n) is 25.8. The van der Waals surface area contributed by atoms with Crippen molar-refractivity contribution in [1.29, 1.82) is 0 Å². The molecule has 20 rings (SSSR count). The van der Waals surface area contributed by atoms with Gasteiger partial charge in [-0.15, -0.1) is 0 Å². The maximum atomic E-state index is 13.0. The number of benzene rings is 8. The second-order valence-corrected chi connectivity index (χ2v) is 34.3. The Morgan fingerprint density at radius 3 is 0.936 bits per heavy atom. The topological polar surface area (TPSA) is 336 Å². The van der Waals surface area contributed by atoms with Crippen LogP contribution in [0.1, 0.15) is 141 Å². The normalized spacial score (nSPS) is 20.4. The van der Waals surface area contributed by atoms with Crippen LogP contribution in [0.2, 0.25) is 0 Å². The molecule has 4 spiro atoms. The smallest absolute Gasteiger partial charge is 0.394 e. The quantitative estimate of drug-likeness (QED) is 0.0519. The predicted molar refractivity (Wildman–Crippen MR) is 455 cm³/mol. The van der Waals surface area contributed by atoms with E-state index in [1.165, 1.54) is 52.4 Å². The van der Waals surface area contributed by atoms with E-state index in [-0.39, 0.29) is 83.4 Å². The molecule has 26 nitrogen and oxygen atoms in total. The molecule has 646 valence electrons. The Bertz CT molecular complexity index is 5970. The fourth-order valence-corrected chi connectivity index (χ4v) is 19.8. The number of aromatic nitrogens is 8. The molecule has 29 heteroatoms. The van der Waals surface area contributed by atoms with Crippen LogP contribution in [-0.4, -0.2) is 195 Å². The second kappa shape index (κ2) is 34.9. The van der Waals surface area contributed by atoms with E-state index in [0.717, 1.165) is 107 Å². The predicted octanol–water partition coefficient (Wildman–Crippen LogP) is 14.4. The maximum absolute atomic E-state index is 13.0. The minimum absolute atomic E-state index is 0.000631. The third kappa shape index (κ3) is 17.0. The molecule has 4 aliphatic carbocycles. The van der Waals surface area contributed by atoms with Gasteiger partial charge in [0.1, 0.15) is 11.5 Å². The minimum atomic E-state index is -3.26. The molecule has 0 saturated carbocycles. The molecule has 4 aromatic heterocycles. The zero-order valence-corrected chi connectivity index (χ0v) is 70.2. The lowest BCUT2D eigenvalue weighted by Gasteiger charge is -2.24. The molecule has 125 heavy (non-hydrogen) atoms. The van der Waals surface area contributed by atoms with Gasteiger partial charge in [-0.2, -0.15) is 28.7 Å². The van der Waals surface area contributed by atoms with Crippen molar-refractivity contribution in [1.82, 2.24) is 60.2 Å². The van der Waals surface area contributed by atoms with Crippen LogP contribution in [-0.2, 0) is 66.5 Å². The van der Waals surface area contributed by atoms with Crippen LogP contribution in [0.4, 0.5) is 13.2 Å². The lowest BCUT2D eigenvalue weighted by Crippen LogP contribution is -2.32. The first kappa shape index (κ1) is 84.6. The molecular weight excluding hydrogens is 1600 g/mol. The minimum Gasteiger partial charge on any atom is -0.461 e. The van der Waals surface area contributed by atoms with Crippen LogP contribution in [0.15, 0.2) is 188 Å². The first-order valence-electron chi connectivity index (χ1n) is 42.5. The molecule has 8 aromatic carbocycles. The summed E-state index contributed by atoms with van der Waals surface area (Å²) in [6.07, 6.45) is 4.26. The van der Waals surface area contributed by atoms with E-state index in [1.54, 1.807) is 56.0 Å². The van der Waals surface area contributed by atoms with Crippen molar-refractivity contribution in [3.05, 3.63) is 225 Å². The van der Waals surface area contributed by atoms with Gasteiger partial charge in [0, 0.05) is 158 Å². The molecular formula is C96H97F3N12O14. The maximum Gasteiger partial charge on any atom is 0.394 e. The summed E-state index contributed by atoms with van der Waals surface area (Å²) in [6, 6.07) is 53.5. The van der Waals surface area contributed by atoms with Gasteiger partial charge >= 0.3 is 6.11 Å². The van der Waals surface area contributed by atoms with Gasteiger partial charge in [0.15, 0.2) is 0 Å². The number of hydrogen-bond donors (Lipinski definition) is 4. The number of alkyl halides is 3. The number of carbonyl (C=O) groups is 4. The number of carbonyl (C=O) groups excluding carboxylic acids is 4. The molecule has 12 aromatic rings. The number of β-amino-alcohol motifs (C(OH)–C–C–N with tert-alkyl or cyclic N) is 4. The zero-order valence-electron chi connectivity index (χ0n) is 70.2. The Morgan fingerprint density at radius 1 is 0.400 bits per heavy atom. The Hall–Kier alpha value is -12.6. The fourth-order valence-electron chi connectivity index (χ4n) is 19.8. The van der Waals surface area contributed by atoms with Gasteiger partial charge in [-0.25, -0.2) is 4.39 Å². The zero-order chi connectivity index (χ0) is 87.1. The Balaban J connectivity index is 0.000000118. The molecule has 4 aliphatic heterocycles. The number of aliphatic hydroxyl groups excluding tert-OH is 4. The lowest BCUT2D eigenvalue weighted by atomic mass is 9.80. The van der Waals surface area contributed by atoms with Crippen molar-refractivity contribution in [3.8, 4) is 103 Å². The Kier molecular flexibility index (Phi) is 23.6.